The summed E-state index contributed by atoms with van der Waals surface area (Å²) in [4.78, 5) is 20.6. The highest BCUT2D eigenvalue weighted by Crippen LogP contribution is 2.32. The molecule has 3 aromatic heterocycles. The van der Waals surface area contributed by atoms with Crippen molar-refractivity contribution in [3.05, 3.63) is 78.1 Å². The van der Waals surface area contributed by atoms with Crippen LogP contribution in [0.25, 0.3) is 28.2 Å². The van der Waals surface area contributed by atoms with Crippen LogP contribution in [-0.4, -0.2) is 25.8 Å². The molecule has 3 N–H and O–H groups in total. The van der Waals surface area contributed by atoms with E-state index in [1.165, 1.54) is 18.3 Å². The number of fused-ring (bicyclic) bond motifs is 1. The largest absolute Gasteiger partial charge is 0.337 e. The fraction of sp³-hybridized carbons (Fsp3) is 0.0909. The number of carbonyl (C=O) groups is 1. The molecule has 2 amide bonds. The van der Waals surface area contributed by atoms with E-state index in [1.54, 1.807) is 48.4 Å². The molecule has 4 aromatic rings. The van der Waals surface area contributed by atoms with Gasteiger partial charge in [0, 0.05) is 31.0 Å². The van der Waals surface area contributed by atoms with Crippen molar-refractivity contribution in [3.63, 3.8) is 0 Å². The molecule has 0 saturated heterocycles. The Hall–Kier alpha value is -4.27. The standard InChI is InChI=1S/C22H20FN7O/c1-14-20-18(16-5-7-17(23)8-6-16)12-19(26-21(20)30(2)29-14)27-28-22(31)25-11-9-15-4-3-10-24-13-15/h3-13H,1-2H3,(H,26,27)(H2,25,28,31)/b11-9+. The second-order valence-corrected chi connectivity index (χ2v) is 6.81. The quantitative estimate of drug-likeness (QED) is 0.430. The van der Waals surface area contributed by atoms with Gasteiger partial charge in [0.1, 0.15) is 11.6 Å². The topological polar surface area (TPSA) is 96.8 Å². The fourth-order valence-electron chi connectivity index (χ4n) is 3.21. The molecule has 0 spiro atoms. The minimum absolute atomic E-state index is 0.312. The predicted molar refractivity (Wildman–Crippen MR) is 117 cm³/mol. The maximum atomic E-state index is 13.4. The van der Waals surface area contributed by atoms with E-state index in [4.69, 9.17) is 0 Å². The summed E-state index contributed by atoms with van der Waals surface area (Å²) in [5.41, 5.74) is 9.31. The zero-order chi connectivity index (χ0) is 21.8. The van der Waals surface area contributed by atoms with Gasteiger partial charge in [-0.15, -0.1) is 0 Å². The van der Waals surface area contributed by atoms with Crippen LogP contribution in [0.5, 0.6) is 0 Å². The van der Waals surface area contributed by atoms with E-state index in [-0.39, 0.29) is 5.82 Å². The number of anilines is 1. The lowest BCUT2D eigenvalue weighted by atomic mass is 10.0. The molecule has 0 aliphatic carbocycles. The average molecular weight is 417 g/mol. The zero-order valence-corrected chi connectivity index (χ0v) is 16.9. The molecule has 0 aliphatic rings. The minimum atomic E-state index is -0.466. The van der Waals surface area contributed by atoms with Gasteiger partial charge in [-0.3, -0.25) is 20.5 Å². The van der Waals surface area contributed by atoms with Gasteiger partial charge >= 0.3 is 6.03 Å². The number of aromatic nitrogens is 4. The number of nitrogens with zero attached hydrogens (tertiary/aromatic N) is 4. The first kappa shape index (κ1) is 20.0. The van der Waals surface area contributed by atoms with Gasteiger partial charge in [0.25, 0.3) is 0 Å². The fourth-order valence-corrected chi connectivity index (χ4v) is 3.21. The van der Waals surface area contributed by atoms with Crippen molar-refractivity contribution in [1.82, 2.24) is 30.5 Å². The number of amides is 2. The first-order valence-electron chi connectivity index (χ1n) is 9.50. The molecule has 0 bridgehead atoms. The summed E-state index contributed by atoms with van der Waals surface area (Å²) in [6.45, 7) is 1.89. The minimum Gasteiger partial charge on any atom is -0.313 e. The number of urea groups is 1. The highest BCUT2D eigenvalue weighted by Gasteiger charge is 2.15. The molecule has 3 heterocycles. The molecule has 0 radical (unpaired) electrons. The van der Waals surface area contributed by atoms with Gasteiger partial charge < -0.3 is 5.32 Å². The van der Waals surface area contributed by atoms with Crippen LogP contribution in [0, 0.1) is 12.7 Å². The van der Waals surface area contributed by atoms with Crippen LogP contribution in [0.2, 0.25) is 0 Å². The highest BCUT2D eigenvalue weighted by atomic mass is 19.1. The number of carbonyl (C=O) groups excluding carboxylic acids is 1. The third-order valence-corrected chi connectivity index (χ3v) is 4.60. The second-order valence-electron chi connectivity index (χ2n) is 6.81. The van der Waals surface area contributed by atoms with Crippen molar-refractivity contribution >= 4 is 29.0 Å². The molecular formula is C22H20FN7O. The Bertz CT molecular complexity index is 1250. The summed E-state index contributed by atoms with van der Waals surface area (Å²) in [6, 6.07) is 11.2. The van der Waals surface area contributed by atoms with Crippen LogP contribution in [0.3, 0.4) is 0 Å². The molecule has 31 heavy (non-hydrogen) atoms. The SMILES string of the molecule is Cc1nn(C)c2nc(NNC(=O)N/C=C/c3cccnc3)cc(-c3ccc(F)cc3)c12. The number of aryl methyl sites for hydroxylation is 2. The Labute approximate surface area is 177 Å². The first-order valence-corrected chi connectivity index (χ1v) is 9.50. The lowest BCUT2D eigenvalue weighted by Crippen LogP contribution is -2.36. The summed E-state index contributed by atoms with van der Waals surface area (Å²) in [5.74, 6) is 0.106. The number of pyridine rings is 2. The number of nitrogens with one attached hydrogen (secondary N) is 3. The third-order valence-electron chi connectivity index (χ3n) is 4.60. The van der Waals surface area contributed by atoms with Crippen molar-refractivity contribution < 1.29 is 9.18 Å². The van der Waals surface area contributed by atoms with Gasteiger partial charge in [-0.1, -0.05) is 18.2 Å². The molecule has 0 unspecified atom stereocenters. The zero-order valence-electron chi connectivity index (χ0n) is 16.9. The Morgan fingerprint density at radius 3 is 2.74 bits per heavy atom. The van der Waals surface area contributed by atoms with Gasteiger partial charge in [0.05, 0.1) is 5.69 Å². The number of rotatable bonds is 5. The van der Waals surface area contributed by atoms with Crippen LogP contribution in [0.15, 0.2) is 61.1 Å². The maximum Gasteiger partial charge on any atom is 0.337 e. The molecular weight excluding hydrogens is 397 g/mol. The van der Waals surface area contributed by atoms with Gasteiger partial charge in [-0.05, 0) is 54.0 Å². The van der Waals surface area contributed by atoms with Crippen molar-refractivity contribution in [2.75, 3.05) is 5.43 Å². The molecule has 0 saturated carbocycles. The second kappa shape index (κ2) is 8.62. The van der Waals surface area contributed by atoms with E-state index >= 15 is 0 Å². The Balaban J connectivity index is 1.54. The number of benzene rings is 1. The van der Waals surface area contributed by atoms with Gasteiger partial charge in [-0.25, -0.2) is 14.2 Å². The van der Waals surface area contributed by atoms with Gasteiger partial charge in [0.15, 0.2) is 5.65 Å². The van der Waals surface area contributed by atoms with Crippen molar-refractivity contribution in [2.45, 2.75) is 6.92 Å². The summed E-state index contributed by atoms with van der Waals surface area (Å²) in [5, 5.41) is 7.90. The Kier molecular flexibility index (Phi) is 5.57. The molecule has 0 aliphatic heterocycles. The predicted octanol–water partition coefficient (Wildman–Crippen LogP) is 3.77. The van der Waals surface area contributed by atoms with Crippen molar-refractivity contribution in [2.24, 2.45) is 7.05 Å². The molecule has 0 atom stereocenters. The average Bonchev–Trinajstić information content (AvgIpc) is 3.06. The number of hydrogen-bond acceptors (Lipinski definition) is 5. The number of hydrazine groups is 1. The molecule has 0 fully saturated rings. The summed E-state index contributed by atoms with van der Waals surface area (Å²) < 4.78 is 15.1. The molecule has 4 rings (SSSR count). The summed E-state index contributed by atoms with van der Waals surface area (Å²) >= 11 is 0. The van der Waals surface area contributed by atoms with Crippen molar-refractivity contribution in [1.29, 1.82) is 0 Å². The lowest BCUT2D eigenvalue weighted by molar-refractivity contribution is 0.246. The molecule has 1 aromatic carbocycles. The normalized spacial score (nSPS) is 11.1. The Morgan fingerprint density at radius 1 is 1.19 bits per heavy atom. The maximum absolute atomic E-state index is 13.4. The molecule has 156 valence electrons. The smallest absolute Gasteiger partial charge is 0.313 e. The van der Waals surface area contributed by atoms with E-state index in [0.29, 0.717) is 11.5 Å². The van der Waals surface area contributed by atoms with Crippen molar-refractivity contribution in [3.8, 4) is 11.1 Å². The van der Waals surface area contributed by atoms with E-state index < -0.39 is 6.03 Å². The van der Waals surface area contributed by atoms with Crippen LogP contribution in [-0.2, 0) is 7.05 Å². The van der Waals surface area contributed by atoms with E-state index in [0.717, 1.165) is 27.8 Å². The highest BCUT2D eigenvalue weighted by molar-refractivity contribution is 5.96. The van der Waals surface area contributed by atoms with Crippen LogP contribution < -0.4 is 16.2 Å². The number of halogens is 1. The van der Waals surface area contributed by atoms with Crippen LogP contribution >= 0.6 is 0 Å². The van der Waals surface area contributed by atoms with Crippen LogP contribution in [0.4, 0.5) is 15.0 Å². The molecule has 8 nitrogen and oxygen atoms in total. The van der Waals surface area contributed by atoms with E-state index in [9.17, 15) is 9.18 Å². The van der Waals surface area contributed by atoms with E-state index in [2.05, 4.69) is 31.2 Å². The monoisotopic (exact) mass is 417 g/mol. The summed E-state index contributed by atoms with van der Waals surface area (Å²) in [7, 11) is 1.80. The Morgan fingerprint density at radius 2 is 2.00 bits per heavy atom. The third kappa shape index (κ3) is 4.50. The van der Waals surface area contributed by atoms with Gasteiger partial charge in [0.2, 0.25) is 0 Å². The van der Waals surface area contributed by atoms with Crippen LogP contribution in [0.1, 0.15) is 11.3 Å². The lowest BCUT2D eigenvalue weighted by Gasteiger charge is -2.11. The van der Waals surface area contributed by atoms with Gasteiger partial charge in [-0.2, -0.15) is 5.10 Å². The van der Waals surface area contributed by atoms with E-state index in [1.807, 2.05) is 19.1 Å². The summed E-state index contributed by atoms with van der Waals surface area (Å²) in [6.07, 6.45) is 6.59. The molecule has 9 heteroatoms. The number of hydrogen-bond donors (Lipinski definition) is 3. The first-order chi connectivity index (χ1) is 15.0.